The number of allylic oxidation sites excluding steroid dienone is 1. The molecule has 1 aromatic heterocycles. The van der Waals surface area contributed by atoms with Gasteiger partial charge in [0.1, 0.15) is 17.1 Å². The van der Waals surface area contributed by atoms with E-state index in [1.165, 1.54) is 0 Å². The number of rotatable bonds is 7. The number of benzene rings is 3. The van der Waals surface area contributed by atoms with E-state index in [1.54, 1.807) is 43.7 Å². The lowest BCUT2D eigenvalue weighted by Crippen LogP contribution is -2.08. The van der Waals surface area contributed by atoms with Crippen LogP contribution in [0.2, 0.25) is 0 Å². The van der Waals surface area contributed by atoms with Crippen molar-refractivity contribution in [3.63, 3.8) is 0 Å². The summed E-state index contributed by atoms with van der Waals surface area (Å²) < 4.78 is 16.8. The van der Waals surface area contributed by atoms with E-state index < -0.39 is 0 Å². The van der Waals surface area contributed by atoms with Crippen molar-refractivity contribution >= 4 is 28.1 Å². The molecule has 1 amide bonds. The van der Waals surface area contributed by atoms with Crippen LogP contribution in [-0.2, 0) is 4.79 Å². The molecule has 1 N–H and O–H groups in total. The van der Waals surface area contributed by atoms with Crippen molar-refractivity contribution in [2.75, 3.05) is 19.0 Å². The Morgan fingerprint density at radius 1 is 1.06 bits per heavy atom. The predicted molar refractivity (Wildman–Crippen MR) is 128 cm³/mol. The van der Waals surface area contributed by atoms with Crippen LogP contribution >= 0.6 is 0 Å². The van der Waals surface area contributed by atoms with E-state index in [-0.39, 0.29) is 5.91 Å². The lowest BCUT2D eigenvalue weighted by molar-refractivity contribution is -0.111. The quantitative estimate of drug-likeness (QED) is 0.340. The van der Waals surface area contributed by atoms with E-state index in [0.29, 0.717) is 18.0 Å². The minimum absolute atomic E-state index is 0.217. The number of carbonyl (C=O) groups excluding carboxylic acids is 1. The summed E-state index contributed by atoms with van der Waals surface area (Å²) in [6.07, 6.45) is 3.34. The average Bonchev–Trinajstić information content (AvgIpc) is 3.22. The molecule has 0 unspecified atom stereocenters. The number of furan rings is 1. The minimum atomic E-state index is -0.217. The third-order valence-electron chi connectivity index (χ3n) is 5.19. The fourth-order valence-electron chi connectivity index (χ4n) is 3.61. The Hall–Kier alpha value is -3.99. The number of fused-ring (bicyclic) bond motifs is 1. The first-order valence-corrected chi connectivity index (χ1v) is 10.5. The monoisotopic (exact) mass is 427 g/mol. The molecule has 0 bridgehead atoms. The smallest absolute Gasteiger partial charge is 0.248 e. The van der Waals surface area contributed by atoms with Crippen LogP contribution in [0.5, 0.6) is 11.5 Å². The highest BCUT2D eigenvalue weighted by molar-refractivity contribution is 6.05. The molecule has 5 heteroatoms. The van der Waals surface area contributed by atoms with Crippen LogP contribution in [-0.4, -0.2) is 19.6 Å². The minimum Gasteiger partial charge on any atom is -0.497 e. The summed E-state index contributed by atoms with van der Waals surface area (Å²) in [6.45, 7) is 4.34. The molecule has 0 aliphatic heterocycles. The van der Waals surface area contributed by atoms with E-state index in [9.17, 15) is 4.79 Å². The Balaban J connectivity index is 1.68. The lowest BCUT2D eigenvalue weighted by atomic mass is 9.99. The standard InChI is InChI=1S/C27H25NO4/c1-4-31-25-16-26-23(24(17-32-26)19-8-6-5-7-9-19)15-22(25)18(2)14-27(29)28-20-10-12-21(30-3)13-11-20/h5-17H,4H2,1-3H3,(H,28,29)/b18-14+. The second-order valence-electron chi connectivity index (χ2n) is 7.34. The molecular formula is C27H25NO4. The molecule has 4 aromatic rings. The van der Waals surface area contributed by atoms with Gasteiger partial charge in [-0.3, -0.25) is 4.79 Å². The fraction of sp³-hybridized carbons (Fsp3) is 0.148. The zero-order chi connectivity index (χ0) is 22.5. The Morgan fingerprint density at radius 3 is 2.50 bits per heavy atom. The van der Waals surface area contributed by atoms with Crippen LogP contribution in [0.3, 0.4) is 0 Å². The molecule has 32 heavy (non-hydrogen) atoms. The lowest BCUT2D eigenvalue weighted by Gasteiger charge is -2.12. The molecule has 3 aromatic carbocycles. The Morgan fingerprint density at radius 2 is 1.81 bits per heavy atom. The van der Waals surface area contributed by atoms with Gasteiger partial charge < -0.3 is 19.2 Å². The number of ether oxygens (including phenoxy) is 2. The van der Waals surface area contributed by atoms with Gasteiger partial charge in [0.2, 0.25) is 5.91 Å². The number of carbonyl (C=O) groups is 1. The first-order chi connectivity index (χ1) is 15.6. The van der Waals surface area contributed by atoms with E-state index in [2.05, 4.69) is 5.32 Å². The highest BCUT2D eigenvalue weighted by Crippen LogP contribution is 2.37. The molecule has 5 nitrogen and oxygen atoms in total. The zero-order valence-corrected chi connectivity index (χ0v) is 18.3. The number of nitrogens with one attached hydrogen (secondary N) is 1. The molecule has 0 saturated carbocycles. The molecule has 0 saturated heterocycles. The highest BCUT2D eigenvalue weighted by Gasteiger charge is 2.15. The van der Waals surface area contributed by atoms with Gasteiger partial charge in [-0.15, -0.1) is 0 Å². The number of amides is 1. The van der Waals surface area contributed by atoms with Gasteiger partial charge in [-0.1, -0.05) is 30.3 Å². The molecule has 0 atom stereocenters. The molecular weight excluding hydrogens is 402 g/mol. The van der Waals surface area contributed by atoms with Crippen molar-refractivity contribution in [2.45, 2.75) is 13.8 Å². The topological polar surface area (TPSA) is 60.7 Å². The molecule has 0 aliphatic rings. The van der Waals surface area contributed by atoms with Crippen molar-refractivity contribution in [2.24, 2.45) is 0 Å². The summed E-state index contributed by atoms with van der Waals surface area (Å²) in [4.78, 5) is 12.6. The number of hydrogen-bond acceptors (Lipinski definition) is 4. The average molecular weight is 428 g/mol. The van der Waals surface area contributed by atoms with Crippen LogP contribution in [0.15, 0.2) is 83.5 Å². The zero-order valence-electron chi connectivity index (χ0n) is 18.3. The van der Waals surface area contributed by atoms with Crippen LogP contribution in [0.25, 0.3) is 27.7 Å². The van der Waals surface area contributed by atoms with E-state index in [1.807, 2.05) is 56.3 Å². The van der Waals surface area contributed by atoms with Gasteiger partial charge in [0.25, 0.3) is 0 Å². The van der Waals surface area contributed by atoms with Crippen LogP contribution < -0.4 is 14.8 Å². The summed E-state index contributed by atoms with van der Waals surface area (Å²) in [5.41, 5.74) is 5.15. The van der Waals surface area contributed by atoms with Gasteiger partial charge in [-0.2, -0.15) is 0 Å². The number of methoxy groups -OCH3 is 1. The van der Waals surface area contributed by atoms with Crippen LogP contribution in [0.4, 0.5) is 5.69 Å². The Labute approximate surface area is 187 Å². The third-order valence-corrected chi connectivity index (χ3v) is 5.19. The summed E-state index contributed by atoms with van der Waals surface area (Å²) in [5, 5.41) is 3.85. The first-order valence-electron chi connectivity index (χ1n) is 10.5. The van der Waals surface area contributed by atoms with E-state index in [0.717, 1.165) is 39.0 Å². The summed E-state index contributed by atoms with van der Waals surface area (Å²) in [5.74, 6) is 1.20. The number of anilines is 1. The van der Waals surface area contributed by atoms with Crippen LogP contribution in [0.1, 0.15) is 19.4 Å². The van der Waals surface area contributed by atoms with Crippen molar-refractivity contribution in [1.82, 2.24) is 0 Å². The van der Waals surface area contributed by atoms with Gasteiger partial charge in [0.05, 0.1) is 20.0 Å². The maximum atomic E-state index is 12.6. The molecule has 1 heterocycles. The molecule has 0 fully saturated rings. The van der Waals surface area contributed by atoms with Crippen molar-refractivity contribution in [1.29, 1.82) is 0 Å². The summed E-state index contributed by atoms with van der Waals surface area (Å²) in [6, 6.07) is 21.2. The largest absolute Gasteiger partial charge is 0.497 e. The van der Waals surface area contributed by atoms with Gasteiger partial charge in [0, 0.05) is 34.3 Å². The summed E-state index contributed by atoms with van der Waals surface area (Å²) in [7, 11) is 1.61. The first kappa shape index (κ1) is 21.2. The van der Waals surface area contributed by atoms with Crippen molar-refractivity contribution < 1.29 is 18.7 Å². The molecule has 162 valence electrons. The van der Waals surface area contributed by atoms with Gasteiger partial charge in [0.15, 0.2) is 0 Å². The predicted octanol–water partition coefficient (Wildman–Crippen LogP) is 6.55. The summed E-state index contributed by atoms with van der Waals surface area (Å²) >= 11 is 0. The molecule has 0 spiro atoms. The fourth-order valence-corrected chi connectivity index (χ4v) is 3.61. The Kier molecular flexibility index (Phi) is 6.26. The molecule has 0 aliphatic carbocycles. The van der Waals surface area contributed by atoms with E-state index in [4.69, 9.17) is 13.9 Å². The SMILES string of the molecule is CCOc1cc2occ(-c3ccccc3)c2cc1/C(C)=C/C(=O)Nc1ccc(OC)cc1. The van der Waals surface area contributed by atoms with Gasteiger partial charge in [-0.05, 0) is 55.3 Å². The Bertz CT molecular complexity index is 1250. The van der Waals surface area contributed by atoms with Crippen molar-refractivity contribution in [3.05, 3.63) is 84.6 Å². The van der Waals surface area contributed by atoms with Crippen molar-refractivity contribution in [3.8, 4) is 22.6 Å². The second-order valence-corrected chi connectivity index (χ2v) is 7.34. The number of hydrogen-bond donors (Lipinski definition) is 1. The van der Waals surface area contributed by atoms with Gasteiger partial charge in [-0.25, -0.2) is 0 Å². The normalized spacial score (nSPS) is 11.4. The van der Waals surface area contributed by atoms with Gasteiger partial charge >= 0.3 is 0 Å². The second kappa shape index (κ2) is 9.43. The third kappa shape index (κ3) is 4.52. The maximum Gasteiger partial charge on any atom is 0.248 e. The molecule has 0 radical (unpaired) electrons. The van der Waals surface area contributed by atoms with E-state index >= 15 is 0 Å². The highest BCUT2D eigenvalue weighted by atomic mass is 16.5. The molecule has 4 rings (SSSR count). The maximum absolute atomic E-state index is 12.6. The van der Waals surface area contributed by atoms with Crippen LogP contribution in [0, 0.1) is 0 Å².